The standard InChI is InChI=1S/C34H46N2O4/c1-26(37)40-31-14-9-13-29(22-31)33-20-21-36(24-28-16-17-28)25-34(33,39)19-18-30(23-33)35(2)32(38)15-8-4-7-12-27-10-5-3-6-11-27/h3,5-6,9-11,13-14,22,28,30,39H,4,7-8,12,15-21,23-25H2,1-2H3/t30-,33+,34+/m1/s1. The predicted molar refractivity (Wildman–Crippen MR) is 157 cm³/mol. The average Bonchev–Trinajstić information content (AvgIpc) is 3.76. The fourth-order valence-electron chi connectivity index (χ4n) is 7.21. The topological polar surface area (TPSA) is 70.1 Å². The van der Waals surface area contributed by atoms with E-state index in [1.54, 1.807) is 6.07 Å². The van der Waals surface area contributed by atoms with Gasteiger partial charge in [0.1, 0.15) is 5.75 Å². The van der Waals surface area contributed by atoms with E-state index in [2.05, 4.69) is 35.2 Å². The van der Waals surface area contributed by atoms with Crippen molar-refractivity contribution < 1.29 is 19.4 Å². The number of carbonyl (C=O) groups excluding carboxylic acids is 2. The van der Waals surface area contributed by atoms with Gasteiger partial charge >= 0.3 is 5.97 Å². The molecule has 0 spiro atoms. The Labute approximate surface area is 239 Å². The van der Waals surface area contributed by atoms with Crippen molar-refractivity contribution in [2.45, 2.75) is 94.6 Å². The summed E-state index contributed by atoms with van der Waals surface area (Å²) in [5.41, 5.74) is 1.00. The van der Waals surface area contributed by atoms with Crippen molar-refractivity contribution in [1.29, 1.82) is 0 Å². The zero-order valence-electron chi connectivity index (χ0n) is 24.3. The van der Waals surface area contributed by atoms with Gasteiger partial charge < -0.3 is 19.6 Å². The number of β-amino-alcohol motifs (C(OH)–C–C–N with tert-alkyl or cyclic N) is 1. The van der Waals surface area contributed by atoms with Gasteiger partial charge in [0.2, 0.25) is 5.91 Å². The number of esters is 1. The molecule has 2 aromatic carbocycles. The molecule has 2 aliphatic carbocycles. The van der Waals surface area contributed by atoms with Crippen LogP contribution >= 0.6 is 0 Å². The van der Waals surface area contributed by atoms with E-state index in [9.17, 15) is 14.7 Å². The summed E-state index contributed by atoms with van der Waals surface area (Å²) < 4.78 is 5.45. The van der Waals surface area contributed by atoms with Crippen molar-refractivity contribution in [3.05, 3.63) is 65.7 Å². The lowest BCUT2D eigenvalue weighted by Gasteiger charge is -2.59. The second-order valence-electron chi connectivity index (χ2n) is 12.6. The minimum Gasteiger partial charge on any atom is -0.427 e. The van der Waals surface area contributed by atoms with Crippen LogP contribution in [0.15, 0.2) is 54.6 Å². The molecule has 1 aliphatic heterocycles. The number of likely N-dealkylation sites (tertiary alicyclic amines) is 1. The van der Waals surface area contributed by atoms with E-state index in [1.165, 1.54) is 25.3 Å². The van der Waals surface area contributed by atoms with Gasteiger partial charge in [-0.3, -0.25) is 9.59 Å². The third-order valence-electron chi connectivity index (χ3n) is 9.71. The molecule has 6 heteroatoms. The predicted octanol–water partition coefficient (Wildman–Crippen LogP) is 5.51. The van der Waals surface area contributed by atoms with Crippen molar-refractivity contribution in [2.75, 3.05) is 26.7 Å². The van der Waals surface area contributed by atoms with Gasteiger partial charge in [0.15, 0.2) is 0 Å². The SMILES string of the molecule is CC(=O)Oc1cccc([C@@]23CCN(CC4CC4)C[C@@]2(O)CC[C@@H](N(C)C(=O)CCCCCc2ccccc2)C3)c1. The second-order valence-corrected chi connectivity index (χ2v) is 12.6. The third-order valence-corrected chi connectivity index (χ3v) is 9.71. The van der Waals surface area contributed by atoms with Crippen molar-refractivity contribution >= 4 is 11.9 Å². The van der Waals surface area contributed by atoms with E-state index >= 15 is 0 Å². The minimum absolute atomic E-state index is 0.0736. The Hall–Kier alpha value is -2.70. The van der Waals surface area contributed by atoms with Crippen molar-refractivity contribution in [3.8, 4) is 5.75 Å². The highest BCUT2D eigenvalue weighted by Gasteiger charge is 2.58. The zero-order valence-corrected chi connectivity index (χ0v) is 24.3. The second kappa shape index (κ2) is 12.4. The average molecular weight is 547 g/mol. The van der Waals surface area contributed by atoms with Crippen molar-refractivity contribution in [2.24, 2.45) is 5.92 Å². The van der Waals surface area contributed by atoms with E-state index in [0.29, 0.717) is 25.1 Å². The van der Waals surface area contributed by atoms with Gasteiger partial charge in [-0.05, 0) is 93.5 Å². The van der Waals surface area contributed by atoms with E-state index in [4.69, 9.17) is 4.74 Å². The molecular formula is C34H46N2O4. The summed E-state index contributed by atoms with van der Waals surface area (Å²) in [5.74, 6) is 1.14. The molecule has 2 saturated carbocycles. The van der Waals surface area contributed by atoms with Crippen molar-refractivity contribution in [3.63, 3.8) is 0 Å². The lowest BCUT2D eigenvalue weighted by atomic mass is 9.55. The Morgan fingerprint density at radius 1 is 1.02 bits per heavy atom. The minimum atomic E-state index is -0.882. The number of aliphatic hydroxyl groups is 1. The summed E-state index contributed by atoms with van der Waals surface area (Å²) in [6.45, 7) is 4.07. The highest BCUT2D eigenvalue weighted by molar-refractivity contribution is 5.76. The number of hydrogen-bond donors (Lipinski definition) is 1. The number of ether oxygens (including phenoxy) is 1. The van der Waals surface area contributed by atoms with Gasteiger partial charge in [0.25, 0.3) is 0 Å². The fourth-order valence-corrected chi connectivity index (χ4v) is 7.21. The number of carbonyl (C=O) groups is 2. The quantitative estimate of drug-likeness (QED) is 0.229. The Morgan fingerprint density at radius 3 is 2.58 bits per heavy atom. The van der Waals surface area contributed by atoms with Crippen LogP contribution in [0.2, 0.25) is 0 Å². The Bertz CT molecular complexity index is 1170. The summed E-state index contributed by atoms with van der Waals surface area (Å²) in [6.07, 6.45) is 10.3. The monoisotopic (exact) mass is 546 g/mol. The highest BCUT2D eigenvalue weighted by atomic mass is 16.5. The molecule has 1 N–H and O–H groups in total. The van der Waals surface area contributed by atoms with E-state index in [0.717, 1.165) is 69.5 Å². The van der Waals surface area contributed by atoms with Crippen molar-refractivity contribution in [1.82, 2.24) is 9.80 Å². The number of benzene rings is 2. The van der Waals surface area contributed by atoms with Crippen LogP contribution in [0.25, 0.3) is 0 Å². The summed E-state index contributed by atoms with van der Waals surface area (Å²) in [6, 6.07) is 18.3. The van der Waals surface area contributed by atoms with Gasteiger partial charge in [-0.2, -0.15) is 0 Å². The number of rotatable bonds is 11. The van der Waals surface area contributed by atoms with Crippen LogP contribution in [-0.2, 0) is 21.4 Å². The van der Waals surface area contributed by atoms with Gasteiger partial charge in [-0.25, -0.2) is 0 Å². The normalized spacial score (nSPS) is 26.6. The summed E-state index contributed by atoms with van der Waals surface area (Å²) in [4.78, 5) is 29.4. The summed E-state index contributed by atoms with van der Waals surface area (Å²) >= 11 is 0. The summed E-state index contributed by atoms with van der Waals surface area (Å²) in [5, 5.41) is 12.4. The molecule has 6 nitrogen and oxygen atoms in total. The fraction of sp³-hybridized carbons (Fsp3) is 0.588. The maximum atomic E-state index is 13.3. The zero-order chi connectivity index (χ0) is 28.2. The van der Waals surface area contributed by atoms with E-state index in [1.807, 2.05) is 30.1 Å². The number of nitrogens with zero attached hydrogens (tertiary/aromatic N) is 2. The van der Waals surface area contributed by atoms with Crippen LogP contribution in [-0.4, -0.2) is 65.1 Å². The van der Waals surface area contributed by atoms with Gasteiger partial charge in [0, 0.05) is 44.9 Å². The molecule has 0 bridgehead atoms. The molecule has 1 heterocycles. The summed E-state index contributed by atoms with van der Waals surface area (Å²) in [7, 11) is 1.95. The molecule has 216 valence electrons. The Balaban J connectivity index is 1.26. The molecule has 5 rings (SSSR count). The van der Waals surface area contributed by atoms with E-state index < -0.39 is 11.0 Å². The lowest BCUT2D eigenvalue weighted by Crippen LogP contribution is -2.67. The first-order chi connectivity index (χ1) is 19.3. The number of aryl methyl sites for hydroxylation is 1. The number of hydrogen-bond acceptors (Lipinski definition) is 5. The number of fused-ring (bicyclic) bond motifs is 1. The molecule has 1 amide bonds. The third kappa shape index (κ3) is 6.60. The number of piperidine rings is 1. The molecule has 1 saturated heterocycles. The maximum absolute atomic E-state index is 13.3. The highest BCUT2D eigenvalue weighted by Crippen LogP contribution is 2.53. The maximum Gasteiger partial charge on any atom is 0.308 e. The van der Waals surface area contributed by atoms with Crippen LogP contribution in [0, 0.1) is 5.92 Å². The molecule has 0 unspecified atom stereocenters. The molecule has 40 heavy (non-hydrogen) atoms. The van der Waals surface area contributed by atoms with Gasteiger partial charge in [-0.1, -0.05) is 48.9 Å². The molecule has 3 atom stereocenters. The van der Waals surface area contributed by atoms with Gasteiger partial charge in [-0.15, -0.1) is 0 Å². The van der Waals surface area contributed by atoms with Gasteiger partial charge in [0.05, 0.1) is 5.60 Å². The van der Waals surface area contributed by atoms with E-state index in [-0.39, 0.29) is 17.9 Å². The first-order valence-electron chi connectivity index (χ1n) is 15.3. The molecular weight excluding hydrogens is 500 g/mol. The van der Waals surface area contributed by atoms with Crippen LogP contribution in [0.5, 0.6) is 5.75 Å². The number of unbranched alkanes of at least 4 members (excludes halogenated alkanes) is 2. The van der Waals surface area contributed by atoms with Crippen LogP contribution in [0.4, 0.5) is 0 Å². The lowest BCUT2D eigenvalue weighted by molar-refractivity contribution is -0.148. The van der Waals surface area contributed by atoms with Crippen LogP contribution in [0.3, 0.4) is 0 Å². The number of amides is 1. The smallest absolute Gasteiger partial charge is 0.308 e. The molecule has 2 aromatic rings. The molecule has 0 radical (unpaired) electrons. The van der Waals surface area contributed by atoms with Crippen LogP contribution < -0.4 is 4.74 Å². The largest absolute Gasteiger partial charge is 0.427 e. The molecule has 3 fully saturated rings. The van der Waals surface area contributed by atoms with Crippen LogP contribution in [0.1, 0.15) is 82.3 Å². The molecule has 0 aromatic heterocycles. The Kier molecular flexibility index (Phi) is 8.96. The Morgan fingerprint density at radius 2 is 1.82 bits per heavy atom. The first-order valence-corrected chi connectivity index (χ1v) is 15.3. The first kappa shape index (κ1) is 28.8. The molecule has 3 aliphatic rings.